The summed E-state index contributed by atoms with van der Waals surface area (Å²) in [5.41, 5.74) is 0.200. The lowest BCUT2D eigenvalue weighted by molar-refractivity contribution is 0.102. The molecule has 0 fully saturated rings. The maximum Gasteiger partial charge on any atom is 0.259 e. The molecular formula is C13H7ClFN3O. The second kappa shape index (κ2) is 5.46. The van der Waals surface area contributed by atoms with Crippen LogP contribution < -0.4 is 5.32 Å². The number of nitrogens with zero attached hydrogens (tertiary/aromatic N) is 2. The summed E-state index contributed by atoms with van der Waals surface area (Å²) in [4.78, 5) is 15.7. The fraction of sp³-hybridized carbons (Fsp3) is 0. The topological polar surface area (TPSA) is 65.8 Å². The number of carbonyl (C=O) groups is 1. The maximum absolute atomic E-state index is 13.6. The lowest BCUT2D eigenvalue weighted by Gasteiger charge is -2.06. The number of benzene rings is 1. The number of nitrogens with one attached hydrogen (secondary N) is 1. The first-order valence-electron chi connectivity index (χ1n) is 5.23. The molecule has 0 saturated carbocycles. The number of carbonyl (C=O) groups excluding carboxylic acids is 1. The summed E-state index contributed by atoms with van der Waals surface area (Å²) in [5.74, 6) is -1.21. The van der Waals surface area contributed by atoms with Gasteiger partial charge in [-0.05, 0) is 24.3 Å². The molecule has 1 aromatic heterocycles. The van der Waals surface area contributed by atoms with Gasteiger partial charge in [0.15, 0.2) is 5.82 Å². The number of anilines is 1. The van der Waals surface area contributed by atoms with Crippen molar-refractivity contribution in [3.63, 3.8) is 0 Å². The molecule has 0 aliphatic rings. The zero-order valence-electron chi connectivity index (χ0n) is 9.52. The molecule has 2 aromatic rings. The van der Waals surface area contributed by atoms with Gasteiger partial charge in [0.1, 0.15) is 11.9 Å². The molecule has 1 amide bonds. The average molecular weight is 276 g/mol. The smallest absolute Gasteiger partial charge is 0.259 e. The van der Waals surface area contributed by atoms with Crippen molar-refractivity contribution in [3.05, 3.63) is 58.5 Å². The Morgan fingerprint density at radius 2 is 2.16 bits per heavy atom. The van der Waals surface area contributed by atoms with Gasteiger partial charge in [-0.25, -0.2) is 9.37 Å². The van der Waals surface area contributed by atoms with Gasteiger partial charge >= 0.3 is 0 Å². The van der Waals surface area contributed by atoms with Gasteiger partial charge in [0, 0.05) is 6.20 Å². The highest BCUT2D eigenvalue weighted by Gasteiger charge is 2.14. The third-order valence-corrected chi connectivity index (χ3v) is 2.62. The lowest BCUT2D eigenvalue weighted by atomic mass is 10.2. The number of halogens is 2. The monoisotopic (exact) mass is 275 g/mol. The Balaban J connectivity index is 2.21. The molecule has 1 N–H and O–H groups in total. The highest BCUT2D eigenvalue weighted by atomic mass is 35.5. The van der Waals surface area contributed by atoms with Crippen molar-refractivity contribution in [1.29, 1.82) is 5.26 Å². The van der Waals surface area contributed by atoms with Crippen molar-refractivity contribution in [3.8, 4) is 6.07 Å². The summed E-state index contributed by atoms with van der Waals surface area (Å²) in [7, 11) is 0. The number of nitriles is 1. The highest BCUT2D eigenvalue weighted by Crippen LogP contribution is 2.18. The van der Waals surface area contributed by atoms with E-state index >= 15 is 0 Å². The van der Waals surface area contributed by atoms with E-state index in [1.54, 1.807) is 0 Å². The molecule has 0 unspecified atom stereocenters. The van der Waals surface area contributed by atoms with Crippen LogP contribution in [0.15, 0.2) is 36.5 Å². The fourth-order valence-corrected chi connectivity index (χ4v) is 1.57. The molecule has 0 spiro atoms. The van der Waals surface area contributed by atoms with E-state index in [0.29, 0.717) is 5.56 Å². The number of pyridine rings is 1. The first-order valence-corrected chi connectivity index (χ1v) is 5.61. The minimum absolute atomic E-state index is 0.125. The number of amides is 1. The molecule has 1 aromatic carbocycles. The molecule has 2 rings (SSSR count). The molecule has 0 aliphatic heterocycles. The van der Waals surface area contributed by atoms with Crippen molar-refractivity contribution in [1.82, 2.24) is 4.98 Å². The van der Waals surface area contributed by atoms with Crippen molar-refractivity contribution < 1.29 is 9.18 Å². The second-order valence-electron chi connectivity index (χ2n) is 3.60. The molecule has 0 saturated heterocycles. The van der Waals surface area contributed by atoms with E-state index in [4.69, 9.17) is 16.9 Å². The molecule has 0 radical (unpaired) electrons. The van der Waals surface area contributed by atoms with E-state index in [1.165, 1.54) is 36.5 Å². The van der Waals surface area contributed by atoms with Crippen molar-refractivity contribution in [2.75, 3.05) is 5.32 Å². The van der Waals surface area contributed by atoms with Gasteiger partial charge in [-0.2, -0.15) is 5.26 Å². The van der Waals surface area contributed by atoms with Crippen LogP contribution in [0.3, 0.4) is 0 Å². The molecule has 94 valence electrons. The number of rotatable bonds is 2. The maximum atomic E-state index is 13.6. The molecule has 6 heteroatoms. The first kappa shape index (κ1) is 13.0. The Hall–Kier alpha value is -2.45. The summed E-state index contributed by atoms with van der Waals surface area (Å²) in [5, 5.41) is 10.9. The van der Waals surface area contributed by atoms with E-state index in [2.05, 4.69) is 10.3 Å². The summed E-state index contributed by atoms with van der Waals surface area (Å²) >= 11 is 5.59. The predicted molar refractivity (Wildman–Crippen MR) is 68.3 cm³/mol. The summed E-state index contributed by atoms with van der Waals surface area (Å²) < 4.78 is 13.6. The van der Waals surface area contributed by atoms with Gasteiger partial charge in [0.25, 0.3) is 5.91 Å². The summed E-state index contributed by atoms with van der Waals surface area (Å²) in [6.07, 6.45) is 1.31. The summed E-state index contributed by atoms with van der Waals surface area (Å²) in [6.45, 7) is 0. The van der Waals surface area contributed by atoms with E-state index in [1.807, 2.05) is 6.07 Å². The number of hydrogen-bond donors (Lipinski definition) is 1. The standard InChI is InChI=1S/C13H7ClFN3O/c14-10-3-1-2-9(12(10)15)13(19)18-11-5-4-8(6-16)7-17-11/h1-5,7H,(H,17,18,19). The van der Waals surface area contributed by atoms with Crippen molar-refractivity contribution in [2.45, 2.75) is 0 Å². The van der Waals surface area contributed by atoms with Crippen molar-refractivity contribution >= 4 is 23.3 Å². The Labute approximate surface area is 113 Å². The quantitative estimate of drug-likeness (QED) is 0.916. The van der Waals surface area contributed by atoms with Gasteiger partial charge in [-0.1, -0.05) is 17.7 Å². The van der Waals surface area contributed by atoms with Gasteiger partial charge in [0.2, 0.25) is 0 Å². The predicted octanol–water partition coefficient (Wildman–Crippen LogP) is 3.00. The SMILES string of the molecule is N#Cc1ccc(NC(=O)c2cccc(Cl)c2F)nc1. The third kappa shape index (κ3) is 2.87. The van der Waals surface area contributed by atoms with Crippen LogP contribution in [0.2, 0.25) is 5.02 Å². The minimum atomic E-state index is -0.782. The lowest BCUT2D eigenvalue weighted by Crippen LogP contribution is -2.14. The summed E-state index contributed by atoms with van der Waals surface area (Å²) in [6, 6.07) is 9.01. The molecule has 1 heterocycles. The highest BCUT2D eigenvalue weighted by molar-refractivity contribution is 6.31. The molecule has 0 bridgehead atoms. The Morgan fingerprint density at radius 1 is 1.37 bits per heavy atom. The van der Waals surface area contributed by atoms with E-state index in [0.717, 1.165) is 0 Å². The molecule has 4 nitrogen and oxygen atoms in total. The Kier molecular flexibility index (Phi) is 3.74. The van der Waals surface area contributed by atoms with Crippen molar-refractivity contribution in [2.24, 2.45) is 0 Å². The molecule has 0 aliphatic carbocycles. The second-order valence-corrected chi connectivity index (χ2v) is 4.01. The van der Waals surface area contributed by atoms with Crippen LogP contribution in [0.4, 0.5) is 10.2 Å². The van der Waals surface area contributed by atoms with Gasteiger partial charge in [-0.3, -0.25) is 4.79 Å². The molecular weight excluding hydrogens is 269 g/mol. The largest absolute Gasteiger partial charge is 0.306 e. The normalized spacial score (nSPS) is 9.74. The first-order chi connectivity index (χ1) is 9.11. The van der Waals surface area contributed by atoms with E-state index < -0.39 is 11.7 Å². The molecule has 19 heavy (non-hydrogen) atoms. The average Bonchev–Trinajstić information content (AvgIpc) is 2.42. The number of aromatic nitrogens is 1. The minimum Gasteiger partial charge on any atom is -0.306 e. The Morgan fingerprint density at radius 3 is 2.79 bits per heavy atom. The van der Waals surface area contributed by atoms with E-state index in [-0.39, 0.29) is 16.4 Å². The van der Waals surface area contributed by atoms with Gasteiger partial charge in [-0.15, -0.1) is 0 Å². The van der Waals surface area contributed by atoms with Crippen LogP contribution >= 0.6 is 11.6 Å². The fourth-order valence-electron chi connectivity index (χ4n) is 1.40. The third-order valence-electron chi connectivity index (χ3n) is 2.33. The van der Waals surface area contributed by atoms with Crippen LogP contribution in [-0.2, 0) is 0 Å². The van der Waals surface area contributed by atoms with Gasteiger partial charge in [0.05, 0.1) is 16.1 Å². The molecule has 0 atom stereocenters. The zero-order valence-corrected chi connectivity index (χ0v) is 10.3. The van der Waals surface area contributed by atoms with Gasteiger partial charge < -0.3 is 5.32 Å². The Bertz CT molecular complexity index is 665. The van der Waals surface area contributed by atoms with Crippen LogP contribution in [-0.4, -0.2) is 10.9 Å². The van der Waals surface area contributed by atoms with Crippen LogP contribution in [0, 0.1) is 17.1 Å². The van der Waals surface area contributed by atoms with E-state index in [9.17, 15) is 9.18 Å². The van der Waals surface area contributed by atoms with Crippen LogP contribution in [0.25, 0.3) is 0 Å². The van der Waals surface area contributed by atoms with Crippen LogP contribution in [0.1, 0.15) is 15.9 Å². The van der Waals surface area contributed by atoms with Crippen LogP contribution in [0.5, 0.6) is 0 Å². The zero-order chi connectivity index (χ0) is 13.8. The number of hydrogen-bond acceptors (Lipinski definition) is 3.